The molecule has 194 valence electrons. The van der Waals surface area contributed by atoms with Gasteiger partial charge in [0.25, 0.3) is 11.5 Å². The van der Waals surface area contributed by atoms with Crippen LogP contribution in [0, 0.1) is 13.8 Å². The van der Waals surface area contributed by atoms with Gasteiger partial charge in [-0.25, -0.2) is 0 Å². The second-order valence-corrected chi connectivity index (χ2v) is 10.2. The lowest BCUT2D eigenvalue weighted by Crippen LogP contribution is -2.44. The highest BCUT2D eigenvalue weighted by Crippen LogP contribution is 2.35. The molecule has 3 heterocycles. The van der Waals surface area contributed by atoms with Gasteiger partial charge in [0.15, 0.2) is 11.9 Å². The Morgan fingerprint density at radius 2 is 1.92 bits per heavy atom. The van der Waals surface area contributed by atoms with Crippen molar-refractivity contribution in [1.82, 2.24) is 35.2 Å². The van der Waals surface area contributed by atoms with E-state index >= 15 is 0 Å². The molecular weight excluding hydrogens is 506 g/mol. The minimum absolute atomic E-state index is 0.136. The van der Waals surface area contributed by atoms with Crippen molar-refractivity contribution in [3.05, 3.63) is 81.1 Å². The summed E-state index contributed by atoms with van der Waals surface area (Å²) in [5.41, 5.74) is 1.80. The van der Waals surface area contributed by atoms with Gasteiger partial charge in [0.1, 0.15) is 16.7 Å². The Kier molecular flexibility index (Phi) is 6.19. The third-order valence-corrected chi connectivity index (χ3v) is 7.58. The van der Waals surface area contributed by atoms with Crippen LogP contribution >= 0.6 is 11.6 Å². The zero-order valence-electron chi connectivity index (χ0n) is 21.0. The van der Waals surface area contributed by atoms with Gasteiger partial charge in [-0.2, -0.15) is 0 Å². The molecule has 0 aliphatic heterocycles. The molecule has 38 heavy (non-hydrogen) atoms. The summed E-state index contributed by atoms with van der Waals surface area (Å²) in [6.07, 6.45) is 3.04. The number of pyridine rings is 1. The number of aromatic nitrogens is 6. The van der Waals surface area contributed by atoms with Crippen LogP contribution in [0.5, 0.6) is 0 Å². The van der Waals surface area contributed by atoms with Gasteiger partial charge in [-0.3, -0.25) is 9.59 Å². The molecule has 3 atom stereocenters. The van der Waals surface area contributed by atoms with E-state index in [0.717, 1.165) is 24.8 Å². The number of hydrogen-bond donors (Lipinski definition) is 1. The minimum atomic E-state index is -0.754. The molecule has 0 saturated heterocycles. The van der Waals surface area contributed by atoms with E-state index in [4.69, 9.17) is 16.1 Å². The summed E-state index contributed by atoms with van der Waals surface area (Å²) in [4.78, 5) is 28.7. The summed E-state index contributed by atoms with van der Waals surface area (Å²) in [6, 6.07) is 13.9. The van der Waals surface area contributed by atoms with E-state index in [1.54, 1.807) is 19.9 Å². The summed E-state index contributed by atoms with van der Waals surface area (Å²) in [6.45, 7) is 3.47. The molecule has 3 unspecified atom stereocenters. The predicted octanol–water partition coefficient (Wildman–Crippen LogP) is 4.29. The van der Waals surface area contributed by atoms with Crippen LogP contribution in [0.1, 0.15) is 54.9 Å². The van der Waals surface area contributed by atoms with Gasteiger partial charge in [-0.15, -0.1) is 15.0 Å². The molecule has 1 amide bonds. The molecule has 0 bridgehead atoms. The highest BCUT2D eigenvalue weighted by atomic mass is 35.5. The smallest absolute Gasteiger partial charge is 0.264 e. The van der Waals surface area contributed by atoms with Crippen LogP contribution in [-0.4, -0.2) is 41.9 Å². The maximum atomic E-state index is 13.8. The van der Waals surface area contributed by atoms with Gasteiger partial charge in [-0.05, 0) is 62.4 Å². The monoisotopic (exact) mass is 531 g/mol. The van der Waals surface area contributed by atoms with Crippen molar-refractivity contribution in [2.75, 3.05) is 0 Å². The van der Waals surface area contributed by atoms with Crippen molar-refractivity contribution in [3.63, 3.8) is 0 Å². The fourth-order valence-corrected chi connectivity index (χ4v) is 5.84. The topological polar surface area (TPSA) is 121 Å². The number of carbonyl (C=O) groups excluding carboxylic acids is 1. The standard InChI is InChI=1S/C27H26ClN7O3/c1-15-22-24(32-38-15)23-20(28)12-7-13-21(23)34(27(22)37)19-11-6-10-18(14-19)29-26(36)25(17-8-4-3-5-9-17)35-31-16(2)30-33-35/h3-5,7-9,12-13,18-19,25H,6,10-11,14H2,1-2H3,(H,29,36). The summed E-state index contributed by atoms with van der Waals surface area (Å²) < 4.78 is 7.20. The van der Waals surface area contributed by atoms with Crippen LogP contribution in [0.4, 0.5) is 0 Å². The Morgan fingerprint density at radius 3 is 2.68 bits per heavy atom. The summed E-state index contributed by atoms with van der Waals surface area (Å²) >= 11 is 6.59. The van der Waals surface area contributed by atoms with E-state index in [-0.39, 0.29) is 23.6 Å². The third-order valence-electron chi connectivity index (χ3n) is 7.26. The molecule has 0 radical (unpaired) electrons. The number of aryl methyl sites for hydroxylation is 2. The average Bonchev–Trinajstić information content (AvgIpc) is 3.51. The lowest BCUT2D eigenvalue weighted by atomic mass is 9.89. The fraction of sp³-hybridized carbons (Fsp3) is 0.333. The number of halogens is 1. The van der Waals surface area contributed by atoms with Gasteiger partial charge in [0.2, 0.25) is 0 Å². The Bertz CT molecular complexity index is 1710. The number of tetrazole rings is 1. The molecule has 1 aliphatic rings. The van der Waals surface area contributed by atoms with Crippen LogP contribution in [-0.2, 0) is 4.79 Å². The van der Waals surface area contributed by atoms with Crippen molar-refractivity contribution >= 4 is 39.3 Å². The normalized spacial score (nSPS) is 18.6. The Balaban J connectivity index is 1.34. The maximum absolute atomic E-state index is 13.8. The second-order valence-electron chi connectivity index (χ2n) is 9.77. The van der Waals surface area contributed by atoms with Crippen molar-refractivity contribution in [2.24, 2.45) is 0 Å². The minimum Gasteiger partial charge on any atom is -0.360 e. The van der Waals surface area contributed by atoms with Crippen molar-refractivity contribution < 1.29 is 9.32 Å². The van der Waals surface area contributed by atoms with E-state index in [2.05, 4.69) is 25.9 Å². The highest BCUT2D eigenvalue weighted by molar-refractivity contribution is 6.37. The average molecular weight is 532 g/mol. The Morgan fingerprint density at radius 1 is 1.11 bits per heavy atom. The molecule has 1 fully saturated rings. The number of hydrogen-bond acceptors (Lipinski definition) is 7. The lowest BCUT2D eigenvalue weighted by molar-refractivity contribution is -0.124. The first kappa shape index (κ1) is 24.3. The van der Waals surface area contributed by atoms with Crippen LogP contribution < -0.4 is 10.9 Å². The van der Waals surface area contributed by atoms with E-state index in [1.807, 2.05) is 47.0 Å². The molecule has 6 rings (SSSR count). The number of nitrogens with zero attached hydrogens (tertiary/aromatic N) is 6. The number of fused-ring (bicyclic) bond motifs is 3. The quantitative estimate of drug-likeness (QED) is 0.359. The number of benzene rings is 2. The fourth-order valence-electron chi connectivity index (χ4n) is 5.58. The van der Waals surface area contributed by atoms with Crippen LogP contribution in [0.25, 0.3) is 21.8 Å². The van der Waals surface area contributed by atoms with Crippen molar-refractivity contribution in [2.45, 2.75) is 57.7 Å². The first-order valence-corrected chi connectivity index (χ1v) is 13.0. The van der Waals surface area contributed by atoms with Crippen LogP contribution in [0.15, 0.2) is 57.8 Å². The Hall–Kier alpha value is -4.05. The molecule has 1 aliphatic carbocycles. The second kappa shape index (κ2) is 9.68. The zero-order chi connectivity index (χ0) is 26.4. The van der Waals surface area contributed by atoms with E-state index in [0.29, 0.717) is 44.8 Å². The van der Waals surface area contributed by atoms with Crippen molar-refractivity contribution in [1.29, 1.82) is 0 Å². The van der Waals surface area contributed by atoms with E-state index in [1.165, 1.54) is 4.80 Å². The molecule has 10 nitrogen and oxygen atoms in total. The van der Waals surface area contributed by atoms with E-state index < -0.39 is 6.04 Å². The summed E-state index contributed by atoms with van der Waals surface area (Å²) in [5.74, 6) is 0.730. The Labute approximate surface area is 222 Å². The lowest BCUT2D eigenvalue weighted by Gasteiger charge is -2.32. The third kappa shape index (κ3) is 4.14. The first-order valence-electron chi connectivity index (χ1n) is 12.6. The van der Waals surface area contributed by atoms with Gasteiger partial charge in [0.05, 0.1) is 10.5 Å². The van der Waals surface area contributed by atoms with Gasteiger partial charge < -0.3 is 14.4 Å². The SMILES string of the molecule is Cc1nnn(C(C(=O)NC2CCCC(n3c(=O)c4c(C)onc4c4c(Cl)cccc43)C2)c2ccccc2)n1. The van der Waals surface area contributed by atoms with E-state index in [9.17, 15) is 9.59 Å². The molecular formula is C27H26ClN7O3. The summed E-state index contributed by atoms with van der Waals surface area (Å²) in [7, 11) is 0. The molecule has 11 heteroatoms. The molecule has 1 saturated carbocycles. The first-order chi connectivity index (χ1) is 18.4. The molecule has 1 N–H and O–H groups in total. The van der Waals surface area contributed by atoms with Crippen LogP contribution in [0.3, 0.4) is 0 Å². The number of nitrogens with one attached hydrogen (secondary N) is 1. The zero-order valence-corrected chi connectivity index (χ0v) is 21.7. The molecule has 3 aromatic heterocycles. The molecule has 2 aromatic carbocycles. The largest absolute Gasteiger partial charge is 0.360 e. The van der Waals surface area contributed by atoms with Gasteiger partial charge >= 0.3 is 0 Å². The molecule has 5 aromatic rings. The summed E-state index contributed by atoms with van der Waals surface area (Å²) in [5, 5.41) is 21.4. The van der Waals surface area contributed by atoms with Crippen LogP contribution in [0.2, 0.25) is 5.02 Å². The number of amides is 1. The predicted molar refractivity (Wildman–Crippen MR) is 142 cm³/mol. The maximum Gasteiger partial charge on any atom is 0.264 e. The number of carbonyl (C=O) groups is 1. The van der Waals surface area contributed by atoms with Gasteiger partial charge in [-0.1, -0.05) is 53.2 Å². The highest BCUT2D eigenvalue weighted by Gasteiger charge is 2.32. The number of rotatable bonds is 5. The van der Waals surface area contributed by atoms with Crippen molar-refractivity contribution in [3.8, 4) is 0 Å². The molecule has 0 spiro atoms. The van der Waals surface area contributed by atoms with Gasteiger partial charge in [0, 0.05) is 17.5 Å².